The largest absolute Gasteiger partial charge is 0.329 e. The van der Waals surface area contributed by atoms with Gasteiger partial charge >= 0.3 is 5.69 Å². The third-order valence-electron chi connectivity index (χ3n) is 11.9. The molecule has 6 heterocycles. The van der Waals surface area contributed by atoms with Crippen LogP contribution in [-0.4, -0.2) is 82.3 Å². The summed E-state index contributed by atoms with van der Waals surface area (Å²) >= 11 is 0. The number of nitrogens with zero attached hydrogens (tertiary/aromatic N) is 8. The van der Waals surface area contributed by atoms with Crippen LogP contribution < -0.4 is 16.3 Å². The predicted octanol–water partition coefficient (Wildman–Crippen LogP) is 4.54. The third-order valence-corrected chi connectivity index (χ3v) is 11.9. The first-order valence-corrected chi connectivity index (χ1v) is 19.1. The number of hydrogen-bond donors (Lipinski definition) is 2. The van der Waals surface area contributed by atoms with Gasteiger partial charge in [0.05, 0.1) is 35.2 Å². The van der Waals surface area contributed by atoms with Gasteiger partial charge in [-0.2, -0.15) is 5.10 Å². The van der Waals surface area contributed by atoms with Crippen molar-refractivity contribution in [1.29, 1.82) is 0 Å². The summed E-state index contributed by atoms with van der Waals surface area (Å²) in [5, 5.41) is 10.9. The Kier molecular flexibility index (Phi) is 8.83. The SMILES string of the molecule is Cn1c(=O)n(C2CCC(=O)NC2=O)c2cccc([C@@H]3CCN(CC4CCC(n5cc6cc(NC(=O)c7cncc(C8CC8)n7)ncc6n5)CC4)C[C@H]3F)c21. The lowest BCUT2D eigenvalue weighted by molar-refractivity contribution is -0.135. The summed E-state index contributed by atoms with van der Waals surface area (Å²) in [5.74, 6) is -0.211. The summed E-state index contributed by atoms with van der Waals surface area (Å²) in [6.07, 6.45) is 13.0. The lowest BCUT2D eigenvalue weighted by Gasteiger charge is -2.38. The van der Waals surface area contributed by atoms with Gasteiger partial charge in [0.2, 0.25) is 11.8 Å². The molecule has 3 amide bonds. The number of imide groups is 1. The quantitative estimate of drug-likeness (QED) is 0.218. The van der Waals surface area contributed by atoms with E-state index in [1.807, 2.05) is 29.1 Å². The first kappa shape index (κ1) is 34.5. The summed E-state index contributed by atoms with van der Waals surface area (Å²) < 4.78 is 21.1. The molecule has 1 unspecified atom stereocenters. The lowest BCUT2D eigenvalue weighted by atomic mass is 9.83. The predicted molar refractivity (Wildman–Crippen MR) is 198 cm³/mol. The van der Waals surface area contributed by atoms with Gasteiger partial charge < -0.3 is 10.2 Å². The number of rotatable bonds is 8. The van der Waals surface area contributed by atoms with Crippen LogP contribution in [0.15, 0.2) is 53.8 Å². The molecule has 2 aliphatic carbocycles. The van der Waals surface area contributed by atoms with Crippen molar-refractivity contribution in [3.63, 3.8) is 0 Å². The number of imidazole rings is 1. The highest BCUT2D eigenvalue weighted by Crippen LogP contribution is 2.39. The molecule has 15 heteroatoms. The van der Waals surface area contributed by atoms with Gasteiger partial charge in [-0.3, -0.25) is 38.5 Å². The molecule has 1 aromatic carbocycles. The van der Waals surface area contributed by atoms with Crippen LogP contribution in [0.25, 0.3) is 21.9 Å². The number of amides is 3. The Morgan fingerprint density at radius 1 is 1.02 bits per heavy atom. The first-order chi connectivity index (χ1) is 26.2. The van der Waals surface area contributed by atoms with Crippen molar-refractivity contribution in [3.05, 3.63) is 76.5 Å². The van der Waals surface area contributed by atoms with E-state index in [1.54, 1.807) is 25.5 Å². The Balaban J connectivity index is 0.808. The molecule has 0 radical (unpaired) electrons. The number of carbonyl (C=O) groups excluding carboxylic acids is 3. The Morgan fingerprint density at radius 2 is 1.85 bits per heavy atom. The number of halogens is 1. The number of para-hydroxylation sites is 1. The van der Waals surface area contributed by atoms with Crippen molar-refractivity contribution in [1.82, 2.24) is 44.1 Å². The molecule has 5 aromatic rings. The van der Waals surface area contributed by atoms with Crippen molar-refractivity contribution in [2.45, 2.75) is 87.9 Å². The van der Waals surface area contributed by atoms with Gasteiger partial charge in [0.15, 0.2) is 0 Å². The minimum Gasteiger partial charge on any atom is -0.305 e. The van der Waals surface area contributed by atoms with Crippen LogP contribution in [0, 0.1) is 5.92 Å². The third kappa shape index (κ3) is 6.48. The zero-order chi connectivity index (χ0) is 37.1. The number of anilines is 1. The Hall–Kier alpha value is -5.31. The van der Waals surface area contributed by atoms with E-state index < -0.39 is 18.1 Å². The normalized spacial score (nSPS) is 25.3. The zero-order valence-corrected chi connectivity index (χ0v) is 30.2. The highest BCUT2D eigenvalue weighted by Gasteiger charge is 2.36. The van der Waals surface area contributed by atoms with Gasteiger partial charge in [-0.15, -0.1) is 0 Å². The van der Waals surface area contributed by atoms with Crippen LogP contribution in [0.3, 0.4) is 0 Å². The van der Waals surface area contributed by atoms with E-state index >= 15 is 4.39 Å². The van der Waals surface area contributed by atoms with Gasteiger partial charge in [0.1, 0.15) is 29.2 Å². The van der Waals surface area contributed by atoms with E-state index in [-0.39, 0.29) is 48.0 Å². The number of aromatic nitrogens is 7. The zero-order valence-electron chi connectivity index (χ0n) is 30.2. The average molecular weight is 735 g/mol. The van der Waals surface area contributed by atoms with Crippen LogP contribution in [0.4, 0.5) is 10.2 Å². The summed E-state index contributed by atoms with van der Waals surface area (Å²) in [5.41, 5.74) is 3.60. The molecule has 54 heavy (non-hydrogen) atoms. The Labute approximate surface area is 310 Å². The summed E-state index contributed by atoms with van der Waals surface area (Å²) in [6, 6.07) is 6.85. The van der Waals surface area contributed by atoms with E-state index in [4.69, 9.17) is 5.10 Å². The molecule has 4 aromatic heterocycles. The highest BCUT2D eigenvalue weighted by atomic mass is 19.1. The molecular weight excluding hydrogens is 691 g/mol. The molecule has 2 aliphatic heterocycles. The molecule has 2 N–H and O–H groups in total. The number of pyridine rings is 1. The second kappa shape index (κ2) is 13.8. The smallest absolute Gasteiger partial charge is 0.305 e. The second-order valence-corrected chi connectivity index (χ2v) is 15.5. The topological polar surface area (TPSA) is 162 Å². The molecule has 0 spiro atoms. The number of carbonyl (C=O) groups is 3. The maximum atomic E-state index is 16.1. The number of likely N-dealkylation sites (tertiary alicyclic amines) is 1. The van der Waals surface area contributed by atoms with Crippen molar-refractivity contribution >= 4 is 45.5 Å². The lowest BCUT2D eigenvalue weighted by Crippen LogP contribution is -2.44. The molecule has 14 nitrogen and oxygen atoms in total. The maximum Gasteiger partial charge on any atom is 0.329 e. The summed E-state index contributed by atoms with van der Waals surface area (Å²) in [6.45, 7) is 1.94. The fraction of sp³-hybridized carbons (Fsp3) is 0.487. The van der Waals surface area contributed by atoms with Crippen molar-refractivity contribution in [2.75, 3.05) is 25.0 Å². The number of fused-ring (bicyclic) bond motifs is 2. The monoisotopic (exact) mass is 734 g/mol. The average Bonchev–Trinajstić information content (AvgIpc) is 3.89. The van der Waals surface area contributed by atoms with Crippen molar-refractivity contribution in [2.24, 2.45) is 13.0 Å². The van der Waals surface area contributed by atoms with E-state index in [1.165, 1.54) is 15.3 Å². The van der Waals surface area contributed by atoms with Crippen LogP contribution in [0.1, 0.15) is 103 Å². The highest BCUT2D eigenvalue weighted by molar-refractivity contribution is 6.03. The fourth-order valence-electron chi connectivity index (χ4n) is 8.89. The van der Waals surface area contributed by atoms with E-state index in [0.717, 1.165) is 73.8 Å². The molecule has 2 saturated carbocycles. The minimum absolute atomic E-state index is 0.167. The molecule has 4 aliphatic rings. The Bertz CT molecular complexity index is 2340. The minimum atomic E-state index is -1.10. The van der Waals surface area contributed by atoms with Crippen LogP contribution in [-0.2, 0) is 16.6 Å². The fourth-order valence-corrected chi connectivity index (χ4v) is 8.89. The van der Waals surface area contributed by atoms with Crippen LogP contribution in [0.5, 0.6) is 0 Å². The maximum absolute atomic E-state index is 16.1. The van der Waals surface area contributed by atoms with Gasteiger partial charge in [-0.25, -0.2) is 19.2 Å². The van der Waals surface area contributed by atoms with Gasteiger partial charge in [-0.05, 0) is 81.5 Å². The summed E-state index contributed by atoms with van der Waals surface area (Å²) in [7, 11) is 1.67. The number of piperidine rings is 2. The number of hydrogen-bond acceptors (Lipinski definition) is 9. The molecule has 0 bridgehead atoms. The Morgan fingerprint density at radius 3 is 2.63 bits per heavy atom. The summed E-state index contributed by atoms with van der Waals surface area (Å²) in [4.78, 5) is 66.1. The molecule has 9 rings (SSSR count). The number of aryl methyl sites for hydroxylation is 1. The van der Waals surface area contributed by atoms with E-state index in [2.05, 4.69) is 30.5 Å². The van der Waals surface area contributed by atoms with Crippen LogP contribution >= 0.6 is 0 Å². The molecule has 3 atom stereocenters. The molecule has 2 saturated heterocycles. The number of nitrogens with one attached hydrogen (secondary N) is 2. The molecule has 280 valence electrons. The van der Waals surface area contributed by atoms with E-state index in [0.29, 0.717) is 41.7 Å². The second-order valence-electron chi connectivity index (χ2n) is 15.5. The number of alkyl halides is 1. The van der Waals surface area contributed by atoms with Gasteiger partial charge in [-0.1, -0.05) is 12.1 Å². The first-order valence-electron chi connectivity index (χ1n) is 19.1. The number of benzene rings is 1. The molecular formula is C39H43FN10O4. The van der Waals surface area contributed by atoms with Crippen LogP contribution in [0.2, 0.25) is 0 Å². The molecule has 4 fully saturated rings. The van der Waals surface area contributed by atoms with Crippen molar-refractivity contribution < 1.29 is 18.8 Å². The van der Waals surface area contributed by atoms with Gasteiger partial charge in [0, 0.05) is 56.2 Å². The van der Waals surface area contributed by atoms with Crippen molar-refractivity contribution in [3.8, 4) is 0 Å². The van der Waals surface area contributed by atoms with E-state index in [9.17, 15) is 19.2 Å². The standard InChI is InChI=1S/C39H43FN10O4/c1-47-36-27(3-2-4-32(36)50(39(47)54)33-11-12-35(51)45-38(33)53)26-13-14-48(21-28(26)40)19-22-5-9-25(10-6-22)49-20-24-15-34(42-18-30(24)46-49)44-37(52)31-17-41-16-29(43-31)23-7-8-23/h2-4,15-18,20,22-23,25-26,28,33H,5-14,19,21H2,1H3,(H,44,52)(H,45,51,53)/t22?,25?,26-,28+,33?/m0/s1. The van der Waals surface area contributed by atoms with Gasteiger partial charge in [0.25, 0.3) is 5.91 Å².